The molecule has 0 spiro atoms. The van der Waals surface area contributed by atoms with Gasteiger partial charge in [0, 0.05) is 17.1 Å². The van der Waals surface area contributed by atoms with Crippen LogP contribution in [0, 0.1) is 0 Å². The Balaban J connectivity index is 1.76. The van der Waals surface area contributed by atoms with Gasteiger partial charge in [-0.15, -0.1) is 11.8 Å². The zero-order chi connectivity index (χ0) is 15.1. The summed E-state index contributed by atoms with van der Waals surface area (Å²) >= 11 is 7.69. The second kappa shape index (κ2) is 8.11. The molecule has 0 aliphatic carbocycles. The topological polar surface area (TPSA) is 29.1 Å². The van der Waals surface area contributed by atoms with Crippen molar-refractivity contribution in [1.29, 1.82) is 0 Å². The number of hydrogen-bond acceptors (Lipinski definition) is 2. The molecular weight excluding hydrogens is 302 g/mol. The third-order valence-corrected chi connectivity index (χ3v) is 4.62. The van der Waals surface area contributed by atoms with Crippen LogP contribution in [0.1, 0.15) is 24.9 Å². The first-order chi connectivity index (χ1) is 10.2. The van der Waals surface area contributed by atoms with Gasteiger partial charge in [0.1, 0.15) is 0 Å². The Morgan fingerprint density at radius 2 is 1.81 bits per heavy atom. The van der Waals surface area contributed by atoms with Gasteiger partial charge in [0.25, 0.3) is 0 Å². The third-order valence-electron chi connectivity index (χ3n) is 3.10. The van der Waals surface area contributed by atoms with Crippen LogP contribution in [0.2, 0.25) is 5.02 Å². The SMILES string of the molecule is CC(NC(=O)CCSc1ccccc1Cl)c1ccccc1. The van der Waals surface area contributed by atoms with Gasteiger partial charge >= 0.3 is 0 Å². The molecule has 0 saturated heterocycles. The highest BCUT2D eigenvalue weighted by molar-refractivity contribution is 7.99. The Labute approximate surface area is 134 Å². The molecule has 0 aliphatic rings. The summed E-state index contributed by atoms with van der Waals surface area (Å²) in [4.78, 5) is 13.0. The zero-order valence-electron chi connectivity index (χ0n) is 11.9. The Kier molecular flexibility index (Phi) is 6.15. The quantitative estimate of drug-likeness (QED) is 0.782. The van der Waals surface area contributed by atoms with Gasteiger partial charge in [-0.2, -0.15) is 0 Å². The Morgan fingerprint density at radius 1 is 1.14 bits per heavy atom. The van der Waals surface area contributed by atoms with Gasteiger partial charge in [0.05, 0.1) is 11.1 Å². The van der Waals surface area contributed by atoms with E-state index in [0.717, 1.165) is 21.2 Å². The monoisotopic (exact) mass is 319 g/mol. The van der Waals surface area contributed by atoms with Crippen molar-refractivity contribution in [3.8, 4) is 0 Å². The molecular formula is C17H18ClNOS. The minimum absolute atomic E-state index is 0.0315. The van der Waals surface area contributed by atoms with Crippen molar-refractivity contribution in [2.75, 3.05) is 5.75 Å². The minimum Gasteiger partial charge on any atom is -0.350 e. The van der Waals surface area contributed by atoms with Crippen molar-refractivity contribution in [1.82, 2.24) is 5.32 Å². The van der Waals surface area contributed by atoms with E-state index >= 15 is 0 Å². The van der Waals surface area contributed by atoms with Crippen molar-refractivity contribution in [3.05, 3.63) is 65.2 Å². The summed E-state index contributed by atoms with van der Waals surface area (Å²) in [7, 11) is 0. The summed E-state index contributed by atoms with van der Waals surface area (Å²) in [6, 6.07) is 17.7. The molecule has 0 aliphatic heterocycles. The van der Waals surface area contributed by atoms with Crippen molar-refractivity contribution >= 4 is 29.3 Å². The number of hydrogen-bond donors (Lipinski definition) is 1. The van der Waals surface area contributed by atoms with E-state index < -0.39 is 0 Å². The fourth-order valence-corrected chi connectivity index (χ4v) is 3.14. The standard InChI is InChI=1S/C17H18ClNOS/c1-13(14-7-3-2-4-8-14)19-17(20)11-12-21-16-10-6-5-9-15(16)18/h2-10,13H,11-12H2,1H3,(H,19,20). The van der Waals surface area contributed by atoms with Crippen molar-refractivity contribution in [2.45, 2.75) is 24.3 Å². The molecule has 2 aromatic carbocycles. The van der Waals surface area contributed by atoms with E-state index in [4.69, 9.17) is 11.6 Å². The summed E-state index contributed by atoms with van der Waals surface area (Å²) in [6.45, 7) is 1.99. The van der Waals surface area contributed by atoms with Crippen LogP contribution in [0.15, 0.2) is 59.5 Å². The van der Waals surface area contributed by atoms with Crippen molar-refractivity contribution < 1.29 is 4.79 Å². The van der Waals surface area contributed by atoms with E-state index in [-0.39, 0.29) is 11.9 Å². The number of benzene rings is 2. The first kappa shape index (κ1) is 15.9. The Morgan fingerprint density at radius 3 is 2.52 bits per heavy atom. The van der Waals surface area contributed by atoms with Crippen LogP contribution < -0.4 is 5.32 Å². The Hall–Kier alpha value is -1.45. The lowest BCUT2D eigenvalue weighted by Crippen LogP contribution is -2.26. The maximum atomic E-state index is 11.9. The van der Waals surface area contributed by atoms with Crippen LogP contribution >= 0.6 is 23.4 Å². The summed E-state index contributed by atoms with van der Waals surface area (Å²) in [5.41, 5.74) is 1.12. The predicted molar refractivity (Wildman–Crippen MR) is 89.8 cm³/mol. The number of halogens is 1. The lowest BCUT2D eigenvalue weighted by atomic mass is 10.1. The molecule has 1 amide bonds. The smallest absolute Gasteiger partial charge is 0.221 e. The molecule has 21 heavy (non-hydrogen) atoms. The maximum absolute atomic E-state index is 11.9. The van der Waals surface area contributed by atoms with Gasteiger partial charge in [-0.05, 0) is 24.6 Å². The highest BCUT2D eigenvalue weighted by Crippen LogP contribution is 2.26. The minimum atomic E-state index is 0.0315. The third kappa shape index (κ3) is 5.10. The average Bonchev–Trinajstić information content (AvgIpc) is 2.50. The molecule has 0 fully saturated rings. The van der Waals surface area contributed by atoms with Gasteiger partial charge in [0.2, 0.25) is 5.91 Å². The van der Waals surface area contributed by atoms with Gasteiger partial charge < -0.3 is 5.32 Å². The first-order valence-electron chi connectivity index (χ1n) is 6.88. The molecule has 0 heterocycles. The lowest BCUT2D eigenvalue weighted by molar-refractivity contribution is -0.121. The molecule has 1 N–H and O–H groups in total. The largest absolute Gasteiger partial charge is 0.350 e. The van der Waals surface area contributed by atoms with Crippen LogP contribution in [-0.2, 0) is 4.79 Å². The molecule has 2 aromatic rings. The predicted octanol–water partition coefficient (Wildman–Crippen LogP) is 4.70. The number of carbonyl (C=O) groups is 1. The summed E-state index contributed by atoms with van der Waals surface area (Å²) < 4.78 is 0. The molecule has 4 heteroatoms. The van der Waals surface area contributed by atoms with Crippen molar-refractivity contribution in [3.63, 3.8) is 0 Å². The van der Waals surface area contributed by atoms with E-state index in [0.29, 0.717) is 6.42 Å². The van der Waals surface area contributed by atoms with E-state index in [1.807, 2.05) is 61.5 Å². The highest BCUT2D eigenvalue weighted by atomic mass is 35.5. The van der Waals surface area contributed by atoms with Crippen LogP contribution in [-0.4, -0.2) is 11.7 Å². The number of nitrogens with one attached hydrogen (secondary N) is 1. The summed E-state index contributed by atoms with van der Waals surface area (Å²) in [5.74, 6) is 0.780. The van der Waals surface area contributed by atoms with Crippen LogP contribution in [0.5, 0.6) is 0 Å². The van der Waals surface area contributed by atoms with Crippen LogP contribution in [0.4, 0.5) is 0 Å². The van der Waals surface area contributed by atoms with Gasteiger partial charge in [-0.1, -0.05) is 54.1 Å². The van der Waals surface area contributed by atoms with E-state index in [1.165, 1.54) is 0 Å². The number of rotatable bonds is 6. The first-order valence-corrected chi connectivity index (χ1v) is 8.25. The number of thioether (sulfide) groups is 1. The average molecular weight is 320 g/mol. The van der Waals surface area contributed by atoms with Crippen molar-refractivity contribution in [2.24, 2.45) is 0 Å². The lowest BCUT2D eigenvalue weighted by Gasteiger charge is -2.14. The van der Waals surface area contributed by atoms with E-state index in [1.54, 1.807) is 11.8 Å². The molecule has 0 radical (unpaired) electrons. The van der Waals surface area contributed by atoms with Gasteiger partial charge in [0.15, 0.2) is 0 Å². The fraction of sp³-hybridized carbons (Fsp3) is 0.235. The summed E-state index contributed by atoms with van der Waals surface area (Å²) in [6.07, 6.45) is 0.479. The number of amides is 1. The molecule has 110 valence electrons. The van der Waals surface area contributed by atoms with E-state index in [2.05, 4.69) is 5.32 Å². The fourth-order valence-electron chi connectivity index (χ4n) is 1.95. The molecule has 2 rings (SSSR count). The second-order valence-electron chi connectivity index (χ2n) is 4.73. The van der Waals surface area contributed by atoms with Gasteiger partial charge in [-0.3, -0.25) is 4.79 Å². The molecule has 0 saturated carbocycles. The Bertz CT molecular complexity index is 588. The zero-order valence-corrected chi connectivity index (χ0v) is 13.5. The normalized spacial score (nSPS) is 11.9. The van der Waals surface area contributed by atoms with E-state index in [9.17, 15) is 4.79 Å². The molecule has 2 nitrogen and oxygen atoms in total. The maximum Gasteiger partial charge on any atom is 0.221 e. The van der Waals surface area contributed by atoms with Gasteiger partial charge in [-0.25, -0.2) is 0 Å². The molecule has 1 unspecified atom stereocenters. The molecule has 0 bridgehead atoms. The second-order valence-corrected chi connectivity index (χ2v) is 6.27. The summed E-state index contributed by atoms with van der Waals surface area (Å²) in [5, 5.41) is 3.75. The van der Waals surface area contributed by atoms with Crippen LogP contribution in [0.3, 0.4) is 0 Å². The van der Waals surface area contributed by atoms with Crippen LogP contribution in [0.25, 0.3) is 0 Å². The molecule has 1 atom stereocenters. The molecule has 0 aromatic heterocycles. The number of carbonyl (C=O) groups excluding carboxylic acids is 1. The highest BCUT2D eigenvalue weighted by Gasteiger charge is 2.09.